The van der Waals surface area contributed by atoms with Crippen LogP contribution >= 0.6 is 0 Å². The van der Waals surface area contributed by atoms with Crippen molar-refractivity contribution in [1.29, 1.82) is 0 Å². The zero-order chi connectivity index (χ0) is 11.7. The number of aromatic nitrogens is 3. The molecular weight excluding hydrogens is 204 g/mol. The predicted molar refractivity (Wildman–Crippen MR) is 61.4 cm³/mol. The Morgan fingerprint density at radius 3 is 2.75 bits per heavy atom. The highest BCUT2D eigenvalue weighted by Crippen LogP contribution is 2.14. The van der Waals surface area contributed by atoms with Crippen molar-refractivity contribution < 1.29 is 4.79 Å². The van der Waals surface area contributed by atoms with E-state index >= 15 is 0 Å². The van der Waals surface area contributed by atoms with Crippen molar-refractivity contribution in [3.63, 3.8) is 0 Å². The van der Waals surface area contributed by atoms with Gasteiger partial charge in [0, 0.05) is 24.5 Å². The summed E-state index contributed by atoms with van der Waals surface area (Å²) < 4.78 is 1.77. The lowest BCUT2D eigenvalue weighted by Gasteiger charge is -2.04. The van der Waals surface area contributed by atoms with Crippen LogP contribution in [0.2, 0.25) is 0 Å². The highest BCUT2D eigenvalue weighted by atomic mass is 16.2. The van der Waals surface area contributed by atoms with Crippen LogP contribution in [0.3, 0.4) is 0 Å². The zero-order valence-electron chi connectivity index (χ0n) is 9.53. The van der Waals surface area contributed by atoms with Crippen LogP contribution in [0.1, 0.15) is 21.7 Å². The molecule has 0 aliphatic carbocycles. The third-order valence-electron chi connectivity index (χ3n) is 2.66. The molecule has 0 saturated carbocycles. The fourth-order valence-electron chi connectivity index (χ4n) is 1.48. The van der Waals surface area contributed by atoms with Crippen molar-refractivity contribution in [2.75, 3.05) is 5.32 Å². The molecule has 0 atom stereocenters. The molecule has 0 radical (unpaired) electrons. The minimum Gasteiger partial charge on any atom is -0.347 e. The quantitative estimate of drug-likeness (QED) is 0.804. The van der Waals surface area contributed by atoms with E-state index in [2.05, 4.69) is 15.5 Å². The molecule has 5 nitrogen and oxygen atoms in total. The highest BCUT2D eigenvalue weighted by molar-refractivity contribution is 6.03. The van der Waals surface area contributed by atoms with Gasteiger partial charge in [-0.1, -0.05) is 0 Å². The fraction of sp³-hybridized carbons (Fsp3) is 0.273. The molecule has 0 saturated heterocycles. The normalized spacial score (nSPS) is 10.4. The minimum atomic E-state index is -0.151. The Hall–Kier alpha value is -2.04. The maximum absolute atomic E-state index is 11.9. The molecule has 0 aromatic carbocycles. The van der Waals surface area contributed by atoms with Crippen molar-refractivity contribution in [2.24, 2.45) is 7.05 Å². The lowest BCUT2D eigenvalue weighted by atomic mass is 10.3. The molecule has 0 bridgehead atoms. The second kappa shape index (κ2) is 3.84. The van der Waals surface area contributed by atoms with E-state index in [-0.39, 0.29) is 5.91 Å². The minimum absolute atomic E-state index is 0.151. The number of nitrogens with zero attached hydrogens (tertiary/aromatic N) is 2. The summed E-state index contributed by atoms with van der Waals surface area (Å²) in [7, 11) is 1.83. The molecule has 0 unspecified atom stereocenters. The van der Waals surface area contributed by atoms with Gasteiger partial charge in [-0.2, -0.15) is 5.10 Å². The molecule has 2 N–H and O–H groups in total. The summed E-state index contributed by atoms with van der Waals surface area (Å²) in [6.07, 6.45) is 1.83. The third-order valence-corrected chi connectivity index (χ3v) is 2.66. The molecule has 5 heteroatoms. The number of hydrogen-bond acceptors (Lipinski definition) is 2. The van der Waals surface area contributed by atoms with Gasteiger partial charge in [-0.3, -0.25) is 9.89 Å². The predicted octanol–water partition coefficient (Wildman–Crippen LogP) is 1.62. The standard InChI is InChI=1S/C11H14N4O/c1-7-8(2)13-14-10(7)12-11(16)9-5-4-6-15(9)3/h4-6H,1-3H3,(H2,12,13,14,16). The Balaban J connectivity index is 2.20. The third kappa shape index (κ3) is 1.71. The topological polar surface area (TPSA) is 62.7 Å². The van der Waals surface area contributed by atoms with Gasteiger partial charge in [-0.15, -0.1) is 0 Å². The van der Waals surface area contributed by atoms with Crippen LogP contribution in [-0.2, 0) is 7.05 Å². The maximum Gasteiger partial charge on any atom is 0.273 e. The second-order valence-electron chi connectivity index (χ2n) is 3.78. The number of amides is 1. The van der Waals surface area contributed by atoms with Crippen LogP contribution in [0.15, 0.2) is 18.3 Å². The van der Waals surface area contributed by atoms with Crippen LogP contribution < -0.4 is 5.32 Å². The highest BCUT2D eigenvalue weighted by Gasteiger charge is 2.12. The maximum atomic E-state index is 11.9. The van der Waals surface area contributed by atoms with Crippen LogP contribution in [0.5, 0.6) is 0 Å². The van der Waals surface area contributed by atoms with Crippen LogP contribution in [0.25, 0.3) is 0 Å². The van der Waals surface area contributed by atoms with Gasteiger partial charge < -0.3 is 9.88 Å². The lowest BCUT2D eigenvalue weighted by molar-refractivity contribution is 0.101. The van der Waals surface area contributed by atoms with E-state index in [0.29, 0.717) is 11.5 Å². The van der Waals surface area contributed by atoms with E-state index in [4.69, 9.17) is 0 Å². The summed E-state index contributed by atoms with van der Waals surface area (Å²) >= 11 is 0. The molecule has 2 heterocycles. The molecule has 16 heavy (non-hydrogen) atoms. The number of H-pyrrole nitrogens is 1. The Morgan fingerprint density at radius 2 is 2.25 bits per heavy atom. The first-order valence-electron chi connectivity index (χ1n) is 5.04. The number of anilines is 1. The number of carbonyl (C=O) groups is 1. The van der Waals surface area contributed by atoms with Crippen molar-refractivity contribution in [3.05, 3.63) is 35.3 Å². The zero-order valence-corrected chi connectivity index (χ0v) is 9.53. The first-order chi connectivity index (χ1) is 7.59. The lowest BCUT2D eigenvalue weighted by Crippen LogP contribution is -2.16. The number of carbonyl (C=O) groups excluding carboxylic acids is 1. The molecule has 0 spiro atoms. The molecule has 2 aromatic heterocycles. The number of rotatable bonds is 2. The monoisotopic (exact) mass is 218 g/mol. The van der Waals surface area contributed by atoms with Gasteiger partial charge in [0.15, 0.2) is 5.82 Å². The van der Waals surface area contributed by atoms with E-state index in [1.165, 1.54) is 0 Å². The Kier molecular flexibility index (Phi) is 2.52. The molecule has 2 rings (SSSR count). The first kappa shape index (κ1) is 10.5. The van der Waals surface area contributed by atoms with Gasteiger partial charge in [-0.25, -0.2) is 0 Å². The molecule has 0 fully saturated rings. The summed E-state index contributed by atoms with van der Waals surface area (Å²) in [4.78, 5) is 11.9. The summed E-state index contributed by atoms with van der Waals surface area (Å²) in [6, 6.07) is 3.60. The number of aryl methyl sites for hydroxylation is 2. The van der Waals surface area contributed by atoms with Gasteiger partial charge in [0.05, 0.1) is 0 Å². The van der Waals surface area contributed by atoms with Gasteiger partial charge >= 0.3 is 0 Å². The van der Waals surface area contributed by atoms with E-state index in [0.717, 1.165) is 11.3 Å². The number of nitrogens with one attached hydrogen (secondary N) is 2. The van der Waals surface area contributed by atoms with Gasteiger partial charge in [0.2, 0.25) is 0 Å². The van der Waals surface area contributed by atoms with Gasteiger partial charge in [0.1, 0.15) is 5.69 Å². The van der Waals surface area contributed by atoms with Gasteiger partial charge in [-0.05, 0) is 26.0 Å². The Labute approximate surface area is 93.5 Å². The summed E-state index contributed by atoms with van der Waals surface area (Å²) in [5, 5.41) is 9.63. The van der Waals surface area contributed by atoms with E-state index in [1.54, 1.807) is 10.6 Å². The fourth-order valence-corrected chi connectivity index (χ4v) is 1.48. The van der Waals surface area contributed by atoms with Crippen molar-refractivity contribution in [3.8, 4) is 0 Å². The summed E-state index contributed by atoms with van der Waals surface area (Å²) in [5.41, 5.74) is 2.53. The molecule has 0 aliphatic rings. The average molecular weight is 218 g/mol. The smallest absolute Gasteiger partial charge is 0.273 e. The molecule has 84 valence electrons. The first-order valence-corrected chi connectivity index (χ1v) is 5.04. The van der Waals surface area contributed by atoms with Crippen LogP contribution in [0.4, 0.5) is 5.82 Å². The average Bonchev–Trinajstić information content (AvgIpc) is 2.79. The SMILES string of the molecule is Cc1[nH]nc(NC(=O)c2cccn2C)c1C. The molecular formula is C11H14N4O. The van der Waals surface area contributed by atoms with Crippen molar-refractivity contribution >= 4 is 11.7 Å². The Morgan fingerprint density at radius 1 is 1.50 bits per heavy atom. The summed E-state index contributed by atoms with van der Waals surface area (Å²) in [6.45, 7) is 3.83. The molecule has 1 amide bonds. The molecule has 2 aromatic rings. The molecule has 0 aliphatic heterocycles. The second-order valence-corrected chi connectivity index (χ2v) is 3.78. The van der Waals surface area contributed by atoms with E-state index < -0.39 is 0 Å². The number of aromatic amines is 1. The van der Waals surface area contributed by atoms with E-state index in [1.807, 2.05) is 33.2 Å². The van der Waals surface area contributed by atoms with Crippen molar-refractivity contribution in [1.82, 2.24) is 14.8 Å². The Bertz CT molecular complexity index is 524. The van der Waals surface area contributed by atoms with Crippen molar-refractivity contribution in [2.45, 2.75) is 13.8 Å². The summed E-state index contributed by atoms with van der Waals surface area (Å²) in [5.74, 6) is 0.436. The number of hydrogen-bond donors (Lipinski definition) is 2. The van der Waals surface area contributed by atoms with Crippen LogP contribution in [0, 0.1) is 13.8 Å². The van der Waals surface area contributed by atoms with Gasteiger partial charge in [0.25, 0.3) is 5.91 Å². The largest absolute Gasteiger partial charge is 0.347 e. The van der Waals surface area contributed by atoms with E-state index in [9.17, 15) is 4.79 Å². The van der Waals surface area contributed by atoms with Crippen LogP contribution in [-0.4, -0.2) is 20.7 Å².